The van der Waals surface area contributed by atoms with Crippen molar-refractivity contribution in [1.82, 2.24) is 0 Å². The van der Waals surface area contributed by atoms with Crippen molar-refractivity contribution in [2.24, 2.45) is 22.7 Å². The van der Waals surface area contributed by atoms with Crippen molar-refractivity contribution in [2.45, 2.75) is 40.5 Å². The monoisotopic (exact) mass is 166 g/mol. The first-order valence-electron chi connectivity index (χ1n) is 4.95. The first-order chi connectivity index (χ1) is 5.41. The lowest BCUT2D eigenvalue weighted by Gasteiger charge is -2.32. The minimum Gasteiger partial charge on any atom is -0.299 e. The molecule has 0 radical (unpaired) electrons. The van der Waals surface area contributed by atoms with Gasteiger partial charge in [0.2, 0.25) is 0 Å². The van der Waals surface area contributed by atoms with Gasteiger partial charge in [0.05, 0.1) is 0 Å². The summed E-state index contributed by atoms with van der Waals surface area (Å²) in [5, 5.41) is 0. The highest BCUT2D eigenvalue weighted by atomic mass is 16.1. The molecule has 0 aromatic rings. The van der Waals surface area contributed by atoms with Gasteiger partial charge in [0.1, 0.15) is 5.78 Å². The van der Waals surface area contributed by atoms with Crippen molar-refractivity contribution in [2.75, 3.05) is 0 Å². The first-order valence-corrected chi connectivity index (χ1v) is 4.95. The highest BCUT2D eigenvalue weighted by molar-refractivity contribution is 5.91. The summed E-state index contributed by atoms with van der Waals surface area (Å²) in [6.45, 7) is 8.82. The van der Waals surface area contributed by atoms with Gasteiger partial charge in [-0.1, -0.05) is 27.7 Å². The Balaban J connectivity index is 2.50. The van der Waals surface area contributed by atoms with E-state index in [2.05, 4.69) is 27.7 Å². The molecule has 0 spiro atoms. The lowest BCUT2D eigenvalue weighted by molar-refractivity contribution is -0.131. The van der Waals surface area contributed by atoms with Crippen molar-refractivity contribution in [3.8, 4) is 0 Å². The van der Waals surface area contributed by atoms with Crippen molar-refractivity contribution in [3.05, 3.63) is 0 Å². The second-order valence-corrected chi connectivity index (χ2v) is 5.35. The van der Waals surface area contributed by atoms with Gasteiger partial charge in [-0.2, -0.15) is 0 Å². The number of ketones is 1. The van der Waals surface area contributed by atoms with E-state index in [0.717, 1.165) is 6.42 Å². The fourth-order valence-electron chi connectivity index (χ4n) is 3.54. The fraction of sp³-hybridized carbons (Fsp3) is 0.909. The molecule has 2 aliphatic rings. The largest absolute Gasteiger partial charge is 0.299 e. The minimum atomic E-state index is -0.00289. The summed E-state index contributed by atoms with van der Waals surface area (Å²) in [6, 6.07) is 0. The molecule has 2 fully saturated rings. The third kappa shape index (κ3) is 0.605. The summed E-state index contributed by atoms with van der Waals surface area (Å²) in [5.41, 5.74) is 0.251. The zero-order valence-electron chi connectivity index (χ0n) is 8.48. The van der Waals surface area contributed by atoms with Crippen molar-refractivity contribution in [3.63, 3.8) is 0 Å². The first kappa shape index (κ1) is 8.28. The van der Waals surface area contributed by atoms with Gasteiger partial charge in [0.25, 0.3) is 0 Å². The maximum atomic E-state index is 11.9. The predicted molar refractivity (Wildman–Crippen MR) is 48.8 cm³/mol. The molecular weight excluding hydrogens is 148 g/mol. The summed E-state index contributed by atoms with van der Waals surface area (Å²) >= 11 is 0. The van der Waals surface area contributed by atoms with Gasteiger partial charge in [-0.25, -0.2) is 0 Å². The van der Waals surface area contributed by atoms with E-state index in [-0.39, 0.29) is 10.8 Å². The second kappa shape index (κ2) is 1.94. The van der Waals surface area contributed by atoms with Gasteiger partial charge in [0.15, 0.2) is 0 Å². The molecule has 2 aliphatic carbocycles. The van der Waals surface area contributed by atoms with Gasteiger partial charge >= 0.3 is 0 Å². The van der Waals surface area contributed by atoms with E-state index >= 15 is 0 Å². The van der Waals surface area contributed by atoms with Crippen LogP contribution in [0.15, 0.2) is 0 Å². The van der Waals surface area contributed by atoms with Crippen molar-refractivity contribution in [1.29, 1.82) is 0 Å². The number of carbonyl (C=O) groups is 1. The van der Waals surface area contributed by atoms with Crippen LogP contribution in [0.1, 0.15) is 40.5 Å². The number of hydrogen-bond donors (Lipinski definition) is 0. The maximum Gasteiger partial charge on any atom is 0.142 e. The molecular formula is C11H18O. The molecule has 68 valence electrons. The number of Topliss-reactive ketones (excluding diaryl/α,β-unsaturated/α-hetero) is 1. The van der Waals surface area contributed by atoms with Crippen LogP contribution in [0.25, 0.3) is 0 Å². The van der Waals surface area contributed by atoms with Crippen LogP contribution in [0.2, 0.25) is 0 Å². The Bertz CT molecular complexity index is 241. The van der Waals surface area contributed by atoms with E-state index < -0.39 is 0 Å². The Morgan fingerprint density at radius 2 is 1.92 bits per heavy atom. The molecule has 3 atom stereocenters. The molecule has 0 unspecified atom stereocenters. The number of rotatable bonds is 0. The molecule has 12 heavy (non-hydrogen) atoms. The third-order valence-electron chi connectivity index (χ3n) is 4.87. The number of hydrogen-bond acceptors (Lipinski definition) is 1. The van der Waals surface area contributed by atoms with Crippen LogP contribution >= 0.6 is 0 Å². The second-order valence-electron chi connectivity index (χ2n) is 5.35. The van der Waals surface area contributed by atoms with E-state index in [4.69, 9.17) is 0 Å². The Kier molecular flexibility index (Phi) is 1.34. The van der Waals surface area contributed by atoms with Crippen molar-refractivity contribution >= 4 is 5.78 Å². The minimum absolute atomic E-state index is 0.00289. The van der Waals surface area contributed by atoms with Gasteiger partial charge in [-0.3, -0.25) is 4.79 Å². The van der Waals surface area contributed by atoms with Crippen LogP contribution in [0.3, 0.4) is 0 Å². The summed E-state index contributed by atoms with van der Waals surface area (Å²) in [6.07, 6.45) is 2.38. The molecule has 0 heterocycles. The molecule has 2 rings (SSSR count). The van der Waals surface area contributed by atoms with Crippen LogP contribution in [0.5, 0.6) is 0 Å². The Hall–Kier alpha value is -0.330. The molecule has 0 aromatic heterocycles. The normalized spacial score (nSPS) is 50.2. The Morgan fingerprint density at radius 3 is 2.17 bits per heavy atom. The Morgan fingerprint density at radius 1 is 1.33 bits per heavy atom. The average Bonchev–Trinajstić information content (AvgIpc) is 2.26. The quantitative estimate of drug-likeness (QED) is 0.540. The van der Waals surface area contributed by atoms with Crippen molar-refractivity contribution < 1.29 is 4.79 Å². The third-order valence-corrected chi connectivity index (χ3v) is 4.87. The predicted octanol–water partition coefficient (Wildman–Crippen LogP) is 2.65. The van der Waals surface area contributed by atoms with Gasteiger partial charge in [-0.15, -0.1) is 0 Å². The molecule has 2 saturated carbocycles. The number of fused-ring (bicyclic) bond motifs is 2. The highest BCUT2D eigenvalue weighted by Crippen LogP contribution is 2.65. The number of carbonyl (C=O) groups excluding carboxylic acids is 1. The van der Waals surface area contributed by atoms with Gasteiger partial charge in [0, 0.05) is 11.3 Å². The molecule has 0 aromatic carbocycles. The average molecular weight is 166 g/mol. The highest BCUT2D eigenvalue weighted by Gasteiger charge is 2.64. The summed E-state index contributed by atoms with van der Waals surface area (Å²) in [4.78, 5) is 11.9. The zero-order chi connectivity index (χ0) is 9.15. The fourth-order valence-corrected chi connectivity index (χ4v) is 3.54. The van der Waals surface area contributed by atoms with E-state index in [1.54, 1.807) is 0 Å². The van der Waals surface area contributed by atoms with Crippen LogP contribution in [0, 0.1) is 22.7 Å². The molecule has 1 heteroatoms. The van der Waals surface area contributed by atoms with E-state index in [0.29, 0.717) is 17.6 Å². The van der Waals surface area contributed by atoms with E-state index in [9.17, 15) is 4.79 Å². The van der Waals surface area contributed by atoms with Crippen LogP contribution in [-0.4, -0.2) is 5.78 Å². The zero-order valence-corrected chi connectivity index (χ0v) is 8.48. The summed E-state index contributed by atoms with van der Waals surface area (Å²) in [5.74, 6) is 1.48. The molecule has 1 nitrogen and oxygen atoms in total. The van der Waals surface area contributed by atoms with Crippen LogP contribution in [0.4, 0.5) is 0 Å². The molecule has 0 saturated heterocycles. The Labute approximate surface area is 74.5 Å². The van der Waals surface area contributed by atoms with E-state index in [1.807, 2.05) is 0 Å². The van der Waals surface area contributed by atoms with Crippen LogP contribution in [-0.2, 0) is 4.79 Å². The smallest absolute Gasteiger partial charge is 0.142 e. The lowest BCUT2D eigenvalue weighted by Crippen LogP contribution is -2.33. The lowest BCUT2D eigenvalue weighted by atomic mass is 9.70. The molecule has 0 N–H and O–H groups in total. The molecule has 0 aliphatic heterocycles. The maximum absolute atomic E-state index is 11.9. The van der Waals surface area contributed by atoms with Gasteiger partial charge in [-0.05, 0) is 24.2 Å². The molecule has 0 amide bonds. The van der Waals surface area contributed by atoms with Crippen LogP contribution < -0.4 is 0 Å². The summed E-state index contributed by atoms with van der Waals surface area (Å²) < 4.78 is 0. The molecule has 2 bridgehead atoms. The SMILES string of the molecule is C[C@H]1C(=O)[C@@]2(C)CC[C@@H]1C2(C)C. The summed E-state index contributed by atoms with van der Waals surface area (Å²) in [7, 11) is 0. The van der Waals surface area contributed by atoms with Gasteiger partial charge < -0.3 is 0 Å². The van der Waals surface area contributed by atoms with E-state index in [1.165, 1.54) is 6.42 Å². The topological polar surface area (TPSA) is 17.1 Å². The standard InChI is InChI=1S/C11H18O/c1-7-8-5-6-11(4,9(7)12)10(8,2)3/h7-8H,5-6H2,1-4H3/t7-,8+,11-/m1/s1.